The van der Waals surface area contributed by atoms with Crippen molar-refractivity contribution in [2.75, 3.05) is 6.54 Å². The molecule has 0 aliphatic heterocycles. The minimum Gasteiger partial charge on any atom is -0.361 e. The van der Waals surface area contributed by atoms with Gasteiger partial charge in [-0.25, -0.2) is 4.98 Å². The molecule has 0 unspecified atom stereocenters. The Kier molecular flexibility index (Phi) is 7.96. The van der Waals surface area contributed by atoms with Crippen molar-refractivity contribution in [1.82, 2.24) is 19.9 Å². The molecule has 1 atom stereocenters. The van der Waals surface area contributed by atoms with E-state index < -0.39 is 6.04 Å². The van der Waals surface area contributed by atoms with Gasteiger partial charge in [0.25, 0.3) is 0 Å². The Morgan fingerprint density at radius 2 is 2.12 bits per heavy atom. The van der Waals surface area contributed by atoms with Gasteiger partial charge in [0.2, 0.25) is 5.91 Å². The molecule has 0 radical (unpaired) electrons. The number of fused-ring (bicyclic) bond motifs is 1. The van der Waals surface area contributed by atoms with Crippen LogP contribution in [0.1, 0.15) is 11.4 Å². The highest BCUT2D eigenvalue weighted by Crippen LogP contribution is 2.18. The highest BCUT2D eigenvalue weighted by Gasteiger charge is 2.15. The smallest absolute Gasteiger partial charge is 0.237 e. The van der Waals surface area contributed by atoms with E-state index in [-0.39, 0.29) is 30.7 Å². The second-order valence-corrected chi connectivity index (χ2v) is 5.63. The molecule has 0 saturated heterocycles. The number of nitrogens with one attached hydrogen (secondary N) is 2. The molecule has 6 nitrogen and oxygen atoms in total. The third-order valence-corrected chi connectivity index (χ3v) is 4.03. The Morgan fingerprint density at radius 1 is 1.36 bits per heavy atom. The number of carbonyl (C=O) groups is 1. The average molecular weight is 384 g/mol. The largest absolute Gasteiger partial charge is 0.361 e. The molecule has 0 aliphatic rings. The SMILES string of the molecule is Cc1nccn1CCNC(=O)[C@@H](N)Cc1c[nH]c2ccccc12.Cl.Cl. The second-order valence-electron chi connectivity index (χ2n) is 5.63. The van der Waals surface area contributed by atoms with E-state index in [2.05, 4.69) is 15.3 Å². The third-order valence-electron chi connectivity index (χ3n) is 4.03. The molecule has 0 bridgehead atoms. The average Bonchev–Trinajstić information content (AvgIpc) is 3.14. The van der Waals surface area contributed by atoms with Crippen LogP contribution in [0.25, 0.3) is 10.9 Å². The maximum Gasteiger partial charge on any atom is 0.237 e. The highest BCUT2D eigenvalue weighted by atomic mass is 35.5. The van der Waals surface area contributed by atoms with Crippen LogP contribution in [0.4, 0.5) is 0 Å². The van der Waals surface area contributed by atoms with Crippen molar-refractivity contribution < 1.29 is 4.79 Å². The molecule has 1 amide bonds. The summed E-state index contributed by atoms with van der Waals surface area (Å²) < 4.78 is 1.99. The molecular weight excluding hydrogens is 361 g/mol. The number of halogens is 2. The zero-order chi connectivity index (χ0) is 16.2. The van der Waals surface area contributed by atoms with Gasteiger partial charge in [0.15, 0.2) is 0 Å². The summed E-state index contributed by atoms with van der Waals surface area (Å²) in [6.45, 7) is 3.17. The normalized spacial score (nSPS) is 11.4. The summed E-state index contributed by atoms with van der Waals surface area (Å²) in [5.41, 5.74) is 8.17. The number of H-pyrrole nitrogens is 1. The van der Waals surface area contributed by atoms with Gasteiger partial charge in [-0.2, -0.15) is 0 Å². The second kappa shape index (κ2) is 9.46. The number of nitrogens with zero attached hydrogens (tertiary/aromatic N) is 2. The van der Waals surface area contributed by atoms with Crippen molar-refractivity contribution >= 4 is 41.6 Å². The van der Waals surface area contributed by atoms with Crippen LogP contribution in [0.3, 0.4) is 0 Å². The Labute approximate surface area is 159 Å². The van der Waals surface area contributed by atoms with Gasteiger partial charge < -0.3 is 20.6 Å². The number of aromatic amines is 1. The van der Waals surface area contributed by atoms with E-state index >= 15 is 0 Å². The van der Waals surface area contributed by atoms with Crippen molar-refractivity contribution in [3.63, 3.8) is 0 Å². The Bertz CT molecular complexity index is 814. The molecule has 136 valence electrons. The van der Waals surface area contributed by atoms with E-state index in [0.717, 1.165) is 22.3 Å². The first kappa shape index (κ1) is 21.0. The van der Waals surface area contributed by atoms with Crippen LogP contribution in [-0.4, -0.2) is 33.0 Å². The Hall–Kier alpha value is -2.02. The number of para-hydroxylation sites is 1. The molecular formula is C17H23Cl2N5O. The number of rotatable bonds is 6. The number of hydrogen-bond donors (Lipinski definition) is 3. The Morgan fingerprint density at radius 3 is 2.84 bits per heavy atom. The van der Waals surface area contributed by atoms with Gasteiger partial charge in [-0.15, -0.1) is 24.8 Å². The lowest BCUT2D eigenvalue weighted by atomic mass is 10.1. The molecule has 25 heavy (non-hydrogen) atoms. The monoisotopic (exact) mass is 383 g/mol. The van der Waals surface area contributed by atoms with Crippen molar-refractivity contribution in [3.8, 4) is 0 Å². The highest BCUT2D eigenvalue weighted by molar-refractivity contribution is 5.86. The van der Waals surface area contributed by atoms with Crippen molar-refractivity contribution in [2.24, 2.45) is 5.73 Å². The number of hydrogen-bond acceptors (Lipinski definition) is 3. The molecule has 0 spiro atoms. The minimum atomic E-state index is -0.557. The topological polar surface area (TPSA) is 88.7 Å². The fourth-order valence-electron chi connectivity index (χ4n) is 2.70. The van der Waals surface area contributed by atoms with Gasteiger partial charge >= 0.3 is 0 Å². The number of carbonyl (C=O) groups excluding carboxylic acids is 1. The van der Waals surface area contributed by atoms with Gasteiger partial charge in [-0.05, 0) is 25.0 Å². The van der Waals surface area contributed by atoms with Gasteiger partial charge in [-0.1, -0.05) is 18.2 Å². The van der Waals surface area contributed by atoms with Crippen LogP contribution in [0.5, 0.6) is 0 Å². The number of imidazole rings is 1. The molecule has 1 aromatic carbocycles. The Balaban J connectivity index is 0.00000156. The maximum atomic E-state index is 12.1. The van der Waals surface area contributed by atoms with Crippen LogP contribution >= 0.6 is 24.8 Å². The molecule has 2 heterocycles. The summed E-state index contributed by atoms with van der Waals surface area (Å²) in [4.78, 5) is 19.5. The summed E-state index contributed by atoms with van der Waals surface area (Å²) in [6.07, 6.45) is 6.08. The molecule has 3 rings (SSSR count). The molecule has 8 heteroatoms. The van der Waals surface area contributed by atoms with Crippen molar-refractivity contribution in [3.05, 3.63) is 54.2 Å². The molecule has 4 N–H and O–H groups in total. The predicted molar refractivity (Wildman–Crippen MR) is 104 cm³/mol. The van der Waals surface area contributed by atoms with Crippen LogP contribution in [0.15, 0.2) is 42.9 Å². The van der Waals surface area contributed by atoms with E-state index in [1.165, 1.54) is 0 Å². The number of aryl methyl sites for hydroxylation is 1. The third kappa shape index (κ3) is 4.98. The van der Waals surface area contributed by atoms with E-state index in [1.54, 1.807) is 6.20 Å². The van der Waals surface area contributed by atoms with E-state index in [9.17, 15) is 4.79 Å². The zero-order valence-electron chi connectivity index (χ0n) is 13.9. The molecule has 0 saturated carbocycles. The van der Waals surface area contributed by atoms with E-state index in [1.807, 2.05) is 48.1 Å². The lowest BCUT2D eigenvalue weighted by Gasteiger charge is -2.12. The number of benzene rings is 1. The maximum absolute atomic E-state index is 12.1. The van der Waals surface area contributed by atoms with Gasteiger partial charge in [0, 0.05) is 42.6 Å². The predicted octanol–water partition coefficient (Wildman–Crippen LogP) is 2.20. The first-order valence-electron chi connectivity index (χ1n) is 7.71. The fourth-order valence-corrected chi connectivity index (χ4v) is 2.70. The van der Waals surface area contributed by atoms with Crippen LogP contribution < -0.4 is 11.1 Å². The summed E-state index contributed by atoms with van der Waals surface area (Å²) >= 11 is 0. The van der Waals surface area contributed by atoms with Crippen molar-refractivity contribution in [2.45, 2.75) is 25.9 Å². The fraction of sp³-hybridized carbons (Fsp3) is 0.294. The number of amides is 1. The first-order valence-corrected chi connectivity index (χ1v) is 7.71. The first-order chi connectivity index (χ1) is 11.1. The van der Waals surface area contributed by atoms with Crippen LogP contribution in [-0.2, 0) is 17.8 Å². The molecule has 0 aliphatic carbocycles. The van der Waals surface area contributed by atoms with Crippen molar-refractivity contribution in [1.29, 1.82) is 0 Å². The van der Waals surface area contributed by atoms with Gasteiger partial charge in [-0.3, -0.25) is 4.79 Å². The lowest BCUT2D eigenvalue weighted by Crippen LogP contribution is -2.43. The van der Waals surface area contributed by atoms with Gasteiger partial charge in [0.05, 0.1) is 6.04 Å². The summed E-state index contributed by atoms with van der Waals surface area (Å²) in [6, 6.07) is 7.45. The summed E-state index contributed by atoms with van der Waals surface area (Å²) in [5.74, 6) is 0.801. The summed E-state index contributed by atoms with van der Waals surface area (Å²) in [5, 5.41) is 4.00. The van der Waals surface area contributed by atoms with E-state index in [4.69, 9.17) is 5.73 Å². The molecule has 2 aromatic heterocycles. The summed E-state index contributed by atoms with van der Waals surface area (Å²) in [7, 11) is 0. The lowest BCUT2D eigenvalue weighted by molar-refractivity contribution is -0.122. The minimum absolute atomic E-state index is 0. The number of aromatic nitrogens is 3. The number of nitrogens with two attached hydrogens (primary N) is 1. The molecule has 0 fully saturated rings. The van der Waals surface area contributed by atoms with E-state index in [0.29, 0.717) is 19.5 Å². The zero-order valence-corrected chi connectivity index (χ0v) is 15.6. The van der Waals surface area contributed by atoms with Crippen LogP contribution in [0, 0.1) is 6.92 Å². The van der Waals surface area contributed by atoms with Crippen LogP contribution in [0.2, 0.25) is 0 Å². The molecule has 3 aromatic rings. The standard InChI is InChI=1S/C17H21N5O.2ClH/c1-12-19-6-8-22(12)9-7-20-17(23)15(18)10-13-11-21-16-5-3-2-4-14(13)16;;/h2-6,8,11,15,21H,7,9-10,18H2,1H3,(H,20,23);2*1H/t15-;;/m0../s1. The van der Waals surface area contributed by atoms with Gasteiger partial charge in [0.1, 0.15) is 5.82 Å². The quantitative estimate of drug-likeness (QED) is 0.609.